The molecule has 0 unspecified atom stereocenters. The number of carbonyl (C=O) groups is 1. The van der Waals surface area contributed by atoms with E-state index in [0.29, 0.717) is 29.8 Å². The summed E-state index contributed by atoms with van der Waals surface area (Å²) >= 11 is 0. The van der Waals surface area contributed by atoms with Gasteiger partial charge in [-0.25, -0.2) is 18.1 Å². The van der Waals surface area contributed by atoms with E-state index in [0.717, 1.165) is 24.9 Å². The maximum absolute atomic E-state index is 12.9. The molecule has 5 rings (SSSR count). The molecule has 1 aliphatic rings. The highest BCUT2D eigenvalue weighted by atomic mass is 32.2. The third-order valence-corrected chi connectivity index (χ3v) is 7.87. The lowest BCUT2D eigenvalue weighted by Crippen LogP contribution is -2.35. The molecule has 180 valence electrons. The fourth-order valence-corrected chi connectivity index (χ4v) is 5.66. The summed E-state index contributed by atoms with van der Waals surface area (Å²) in [6.45, 7) is 0.808. The van der Waals surface area contributed by atoms with Crippen molar-refractivity contribution in [2.45, 2.75) is 30.7 Å². The smallest absolute Gasteiger partial charge is 0.264 e. The predicted molar refractivity (Wildman–Crippen MR) is 131 cm³/mol. The van der Waals surface area contributed by atoms with Crippen molar-refractivity contribution < 1.29 is 13.2 Å². The number of aromatic nitrogens is 4. The second-order valence-electron chi connectivity index (χ2n) is 8.34. The number of nitrogens with zero attached hydrogens (tertiary/aromatic N) is 5. The lowest BCUT2D eigenvalue weighted by Gasteiger charge is -2.25. The number of amides is 1. The second kappa shape index (κ2) is 9.43. The van der Waals surface area contributed by atoms with Gasteiger partial charge < -0.3 is 5.32 Å². The highest BCUT2D eigenvalue weighted by Gasteiger charge is 2.25. The van der Waals surface area contributed by atoms with Crippen molar-refractivity contribution in [1.82, 2.24) is 23.6 Å². The summed E-state index contributed by atoms with van der Waals surface area (Å²) in [5.41, 5.74) is 1.24. The van der Waals surface area contributed by atoms with Gasteiger partial charge in [-0.3, -0.25) is 14.2 Å². The summed E-state index contributed by atoms with van der Waals surface area (Å²) in [5.74, 6) is -0.435. The fraction of sp³-hybridized carbons (Fsp3) is 0.250. The SMILES string of the molecule is O=C(Cn1cnc2c(cnn2-c2ccccc2)c1=O)Nc1ccc(S(=O)(=O)N2CCCCC2)cc1. The molecule has 0 aliphatic carbocycles. The maximum Gasteiger partial charge on any atom is 0.264 e. The Labute approximate surface area is 201 Å². The van der Waals surface area contributed by atoms with Crippen LogP contribution < -0.4 is 10.9 Å². The first kappa shape index (κ1) is 22.9. The summed E-state index contributed by atoms with van der Waals surface area (Å²) < 4.78 is 29.9. The molecule has 0 bridgehead atoms. The number of benzene rings is 2. The quantitative estimate of drug-likeness (QED) is 0.441. The Morgan fingerprint density at radius 3 is 2.40 bits per heavy atom. The van der Waals surface area contributed by atoms with Gasteiger partial charge in [-0.15, -0.1) is 0 Å². The number of piperidine rings is 1. The van der Waals surface area contributed by atoms with Crippen LogP contribution >= 0.6 is 0 Å². The molecule has 1 amide bonds. The Kier molecular flexibility index (Phi) is 6.18. The van der Waals surface area contributed by atoms with Crippen LogP contribution in [0.5, 0.6) is 0 Å². The molecule has 0 spiro atoms. The lowest BCUT2D eigenvalue weighted by atomic mass is 10.2. The van der Waals surface area contributed by atoms with Crippen LogP contribution in [0.3, 0.4) is 0 Å². The second-order valence-corrected chi connectivity index (χ2v) is 10.3. The highest BCUT2D eigenvalue weighted by Crippen LogP contribution is 2.22. The van der Waals surface area contributed by atoms with Crippen LogP contribution in [0.4, 0.5) is 5.69 Å². The molecule has 3 heterocycles. The van der Waals surface area contributed by atoms with Gasteiger partial charge in [0.25, 0.3) is 5.56 Å². The molecule has 10 nitrogen and oxygen atoms in total. The van der Waals surface area contributed by atoms with Crippen LogP contribution in [0.2, 0.25) is 0 Å². The molecule has 2 aromatic carbocycles. The zero-order valence-electron chi connectivity index (χ0n) is 18.9. The normalized spacial score (nSPS) is 14.7. The molecule has 11 heteroatoms. The van der Waals surface area contributed by atoms with Crippen molar-refractivity contribution in [3.05, 3.63) is 77.5 Å². The number of para-hydroxylation sites is 1. The van der Waals surface area contributed by atoms with Gasteiger partial charge in [0, 0.05) is 18.8 Å². The molecule has 2 aromatic heterocycles. The van der Waals surface area contributed by atoms with E-state index >= 15 is 0 Å². The van der Waals surface area contributed by atoms with Gasteiger partial charge in [-0.2, -0.15) is 9.40 Å². The number of hydrogen-bond acceptors (Lipinski definition) is 6. The number of fused-ring (bicyclic) bond motifs is 1. The van der Waals surface area contributed by atoms with E-state index in [1.54, 1.807) is 16.8 Å². The fourth-order valence-electron chi connectivity index (χ4n) is 4.14. The van der Waals surface area contributed by atoms with Gasteiger partial charge in [0.2, 0.25) is 15.9 Å². The molecule has 0 saturated carbocycles. The molecule has 35 heavy (non-hydrogen) atoms. The van der Waals surface area contributed by atoms with E-state index in [4.69, 9.17) is 0 Å². The average Bonchev–Trinajstić information content (AvgIpc) is 3.32. The molecule has 1 fully saturated rings. The number of sulfonamides is 1. The van der Waals surface area contributed by atoms with Gasteiger partial charge in [0.15, 0.2) is 5.65 Å². The molecule has 0 radical (unpaired) electrons. The monoisotopic (exact) mass is 492 g/mol. The first-order chi connectivity index (χ1) is 16.9. The Morgan fingerprint density at radius 1 is 0.971 bits per heavy atom. The molecule has 0 atom stereocenters. The van der Waals surface area contributed by atoms with E-state index in [-0.39, 0.29) is 17.0 Å². The van der Waals surface area contributed by atoms with Crippen LogP contribution in [0.15, 0.2) is 76.8 Å². The standard InChI is InChI=1S/C24H24N6O4S/c31-22(27-18-9-11-20(12-10-18)35(33,34)29-13-5-2-6-14-29)16-28-17-25-23-21(24(28)32)15-26-30(23)19-7-3-1-4-8-19/h1,3-4,7-12,15,17H,2,5-6,13-14,16H2,(H,27,31). The summed E-state index contributed by atoms with van der Waals surface area (Å²) in [5, 5.41) is 7.27. The summed E-state index contributed by atoms with van der Waals surface area (Å²) in [4.78, 5) is 30.0. The number of anilines is 1. The van der Waals surface area contributed by atoms with Crippen LogP contribution in [-0.4, -0.2) is 51.1 Å². The first-order valence-electron chi connectivity index (χ1n) is 11.3. The van der Waals surface area contributed by atoms with Gasteiger partial charge in [-0.1, -0.05) is 24.6 Å². The third-order valence-electron chi connectivity index (χ3n) is 5.96. The minimum Gasteiger partial charge on any atom is -0.325 e. The van der Waals surface area contributed by atoms with E-state index in [9.17, 15) is 18.0 Å². The zero-order valence-corrected chi connectivity index (χ0v) is 19.7. The van der Waals surface area contributed by atoms with Crippen LogP contribution in [0.25, 0.3) is 16.7 Å². The van der Waals surface area contributed by atoms with Crippen LogP contribution in [0, 0.1) is 0 Å². The Bertz CT molecular complexity index is 1520. The van der Waals surface area contributed by atoms with E-state index in [1.165, 1.54) is 33.5 Å². The van der Waals surface area contributed by atoms with E-state index < -0.39 is 15.9 Å². The van der Waals surface area contributed by atoms with Gasteiger partial charge in [0.1, 0.15) is 18.3 Å². The first-order valence-corrected chi connectivity index (χ1v) is 12.8. The number of rotatable bonds is 6. The Balaban J connectivity index is 1.29. The van der Waals surface area contributed by atoms with Crippen molar-refractivity contribution in [3.8, 4) is 5.69 Å². The molecule has 4 aromatic rings. The van der Waals surface area contributed by atoms with Crippen molar-refractivity contribution in [2.24, 2.45) is 0 Å². The van der Waals surface area contributed by atoms with Crippen molar-refractivity contribution in [1.29, 1.82) is 0 Å². The van der Waals surface area contributed by atoms with Gasteiger partial charge >= 0.3 is 0 Å². The largest absolute Gasteiger partial charge is 0.325 e. The molecular weight excluding hydrogens is 468 g/mol. The lowest BCUT2D eigenvalue weighted by molar-refractivity contribution is -0.116. The number of nitrogens with one attached hydrogen (secondary N) is 1. The number of carbonyl (C=O) groups excluding carboxylic acids is 1. The van der Waals surface area contributed by atoms with E-state index in [1.807, 2.05) is 30.3 Å². The Hall–Kier alpha value is -3.83. The van der Waals surface area contributed by atoms with Gasteiger partial charge in [0.05, 0.1) is 16.8 Å². The summed E-state index contributed by atoms with van der Waals surface area (Å²) in [7, 11) is -3.54. The van der Waals surface area contributed by atoms with Crippen LogP contribution in [0.1, 0.15) is 19.3 Å². The predicted octanol–water partition coefficient (Wildman–Crippen LogP) is 2.40. The minimum atomic E-state index is -3.54. The minimum absolute atomic E-state index is 0.193. The third kappa shape index (κ3) is 4.60. The number of hydrogen-bond donors (Lipinski definition) is 1. The Morgan fingerprint density at radius 2 is 1.69 bits per heavy atom. The van der Waals surface area contributed by atoms with Gasteiger partial charge in [-0.05, 0) is 49.2 Å². The van der Waals surface area contributed by atoms with Crippen molar-refractivity contribution in [2.75, 3.05) is 18.4 Å². The molecular formula is C24H24N6O4S. The topological polar surface area (TPSA) is 119 Å². The average molecular weight is 493 g/mol. The maximum atomic E-state index is 12.9. The molecule has 1 saturated heterocycles. The molecule has 1 aliphatic heterocycles. The van der Waals surface area contributed by atoms with Crippen LogP contribution in [-0.2, 0) is 21.4 Å². The zero-order chi connectivity index (χ0) is 24.4. The van der Waals surface area contributed by atoms with Crippen molar-refractivity contribution in [3.63, 3.8) is 0 Å². The highest BCUT2D eigenvalue weighted by molar-refractivity contribution is 7.89. The molecule has 1 N–H and O–H groups in total. The van der Waals surface area contributed by atoms with Crippen molar-refractivity contribution >= 4 is 32.7 Å². The summed E-state index contributed by atoms with van der Waals surface area (Å²) in [6, 6.07) is 15.4. The summed E-state index contributed by atoms with van der Waals surface area (Å²) in [6.07, 6.45) is 5.52. The van der Waals surface area contributed by atoms with E-state index in [2.05, 4.69) is 15.4 Å².